The molecule has 114 valence electrons. The second-order valence-electron chi connectivity index (χ2n) is 6.82. The van der Waals surface area contributed by atoms with Crippen LogP contribution in [0.3, 0.4) is 0 Å². The molecule has 2 nitrogen and oxygen atoms in total. The third kappa shape index (κ3) is 4.95. The Bertz CT molecular complexity index is 283. The summed E-state index contributed by atoms with van der Waals surface area (Å²) in [6, 6.07) is 0.0837. The molecule has 5 heteroatoms. The molecule has 0 aromatic rings. The lowest BCUT2D eigenvalue weighted by atomic mass is 9.83. The first-order valence-electron chi connectivity index (χ1n) is 7.08. The molecule has 1 heterocycles. The monoisotopic (exact) mass is 280 g/mol. The van der Waals surface area contributed by atoms with E-state index in [9.17, 15) is 13.2 Å². The third-order valence-electron chi connectivity index (χ3n) is 4.19. The Morgan fingerprint density at radius 3 is 2.26 bits per heavy atom. The lowest BCUT2D eigenvalue weighted by Gasteiger charge is -2.47. The Morgan fingerprint density at radius 1 is 1.26 bits per heavy atom. The van der Waals surface area contributed by atoms with Crippen molar-refractivity contribution in [3.63, 3.8) is 0 Å². The van der Waals surface area contributed by atoms with Crippen LogP contribution < -0.4 is 5.32 Å². The Balaban J connectivity index is 2.80. The topological polar surface area (TPSA) is 15.3 Å². The fourth-order valence-corrected chi connectivity index (χ4v) is 2.65. The minimum Gasteiger partial charge on any atom is -0.311 e. The fraction of sp³-hybridized carbons (Fsp3) is 1.00. The van der Waals surface area contributed by atoms with Crippen LogP contribution in [0.5, 0.6) is 0 Å². The van der Waals surface area contributed by atoms with Crippen LogP contribution in [0.1, 0.15) is 41.0 Å². The first-order valence-corrected chi connectivity index (χ1v) is 7.08. The van der Waals surface area contributed by atoms with Crippen molar-refractivity contribution in [2.75, 3.05) is 19.6 Å². The van der Waals surface area contributed by atoms with E-state index in [4.69, 9.17) is 0 Å². The lowest BCUT2D eigenvalue weighted by molar-refractivity contribution is -0.158. The molecular formula is C14H27F3N2. The van der Waals surface area contributed by atoms with Crippen molar-refractivity contribution in [2.45, 2.75) is 59.3 Å². The number of hydrogen-bond acceptors (Lipinski definition) is 2. The molecule has 1 rings (SSSR count). The maximum Gasteiger partial charge on any atom is 0.401 e. The van der Waals surface area contributed by atoms with E-state index >= 15 is 0 Å². The van der Waals surface area contributed by atoms with Gasteiger partial charge in [-0.1, -0.05) is 41.0 Å². The molecule has 0 saturated carbocycles. The Morgan fingerprint density at radius 2 is 1.84 bits per heavy atom. The van der Waals surface area contributed by atoms with Gasteiger partial charge in [0.1, 0.15) is 0 Å². The molecule has 0 spiro atoms. The van der Waals surface area contributed by atoms with Gasteiger partial charge in [-0.05, 0) is 11.3 Å². The minimum atomic E-state index is -4.12. The van der Waals surface area contributed by atoms with Crippen molar-refractivity contribution in [3.05, 3.63) is 0 Å². The zero-order valence-corrected chi connectivity index (χ0v) is 12.6. The van der Waals surface area contributed by atoms with Gasteiger partial charge in [-0.2, -0.15) is 13.2 Å². The normalized spacial score (nSPS) is 28.4. The Hall–Kier alpha value is -0.290. The summed E-state index contributed by atoms with van der Waals surface area (Å²) in [7, 11) is 0. The second kappa shape index (κ2) is 6.00. The number of nitrogens with one attached hydrogen (secondary N) is 1. The van der Waals surface area contributed by atoms with Crippen molar-refractivity contribution in [3.8, 4) is 0 Å². The molecule has 1 N–H and O–H groups in total. The molecule has 1 aliphatic heterocycles. The molecule has 0 aliphatic carbocycles. The van der Waals surface area contributed by atoms with Gasteiger partial charge in [-0.15, -0.1) is 0 Å². The molecule has 0 radical (unpaired) electrons. The van der Waals surface area contributed by atoms with E-state index in [1.54, 1.807) is 4.90 Å². The van der Waals surface area contributed by atoms with Crippen LogP contribution in [0.25, 0.3) is 0 Å². The maximum atomic E-state index is 12.7. The summed E-state index contributed by atoms with van der Waals surface area (Å²) in [5, 5.41) is 3.43. The van der Waals surface area contributed by atoms with Crippen molar-refractivity contribution in [1.82, 2.24) is 10.2 Å². The van der Waals surface area contributed by atoms with Crippen molar-refractivity contribution in [1.29, 1.82) is 0 Å². The molecule has 0 amide bonds. The van der Waals surface area contributed by atoms with E-state index < -0.39 is 12.7 Å². The van der Waals surface area contributed by atoms with Gasteiger partial charge in [0.15, 0.2) is 0 Å². The quantitative estimate of drug-likeness (QED) is 0.853. The zero-order chi connectivity index (χ0) is 14.8. The van der Waals surface area contributed by atoms with Crippen LogP contribution in [-0.2, 0) is 0 Å². The number of alkyl halides is 3. The highest BCUT2D eigenvalue weighted by Gasteiger charge is 2.40. The molecule has 0 aromatic carbocycles. The summed E-state index contributed by atoms with van der Waals surface area (Å²) < 4.78 is 38.2. The van der Waals surface area contributed by atoms with Gasteiger partial charge >= 0.3 is 6.18 Å². The van der Waals surface area contributed by atoms with Crippen LogP contribution in [0.2, 0.25) is 0 Å². The summed E-state index contributed by atoms with van der Waals surface area (Å²) in [6.45, 7) is 10.6. The predicted molar refractivity (Wildman–Crippen MR) is 72.1 cm³/mol. The molecule has 19 heavy (non-hydrogen) atoms. The maximum absolute atomic E-state index is 12.7. The van der Waals surface area contributed by atoms with Gasteiger partial charge < -0.3 is 5.32 Å². The average Bonchev–Trinajstić information content (AvgIpc) is 2.24. The molecule has 1 saturated heterocycles. The summed E-state index contributed by atoms with van der Waals surface area (Å²) >= 11 is 0. The van der Waals surface area contributed by atoms with Crippen LogP contribution in [0.4, 0.5) is 13.2 Å². The summed E-state index contributed by atoms with van der Waals surface area (Å²) in [5.74, 6) is 0.274. The van der Waals surface area contributed by atoms with Crippen LogP contribution in [0.15, 0.2) is 0 Å². The largest absolute Gasteiger partial charge is 0.401 e. The Labute approximate surface area is 114 Å². The lowest BCUT2D eigenvalue weighted by Crippen LogP contribution is -2.63. The van der Waals surface area contributed by atoms with Crippen LogP contribution in [0, 0.1) is 11.3 Å². The number of rotatable bonds is 3. The molecule has 0 bridgehead atoms. The smallest absolute Gasteiger partial charge is 0.311 e. The second-order valence-corrected chi connectivity index (χ2v) is 6.82. The highest BCUT2D eigenvalue weighted by Crippen LogP contribution is 2.29. The van der Waals surface area contributed by atoms with Crippen molar-refractivity contribution >= 4 is 0 Å². The fourth-order valence-electron chi connectivity index (χ4n) is 2.65. The van der Waals surface area contributed by atoms with E-state index in [0.717, 1.165) is 6.42 Å². The van der Waals surface area contributed by atoms with Gasteiger partial charge in [0.2, 0.25) is 0 Å². The van der Waals surface area contributed by atoms with Crippen LogP contribution in [-0.4, -0.2) is 42.8 Å². The van der Waals surface area contributed by atoms with Gasteiger partial charge in [-0.25, -0.2) is 0 Å². The third-order valence-corrected chi connectivity index (χ3v) is 4.19. The summed E-state index contributed by atoms with van der Waals surface area (Å²) in [6.07, 6.45) is -3.22. The molecule has 0 aromatic heterocycles. The average molecular weight is 280 g/mol. The summed E-state index contributed by atoms with van der Waals surface area (Å²) in [4.78, 5) is 1.63. The van der Waals surface area contributed by atoms with E-state index in [2.05, 4.69) is 26.1 Å². The van der Waals surface area contributed by atoms with Crippen molar-refractivity contribution < 1.29 is 13.2 Å². The van der Waals surface area contributed by atoms with Gasteiger partial charge in [0.25, 0.3) is 0 Å². The van der Waals surface area contributed by atoms with Gasteiger partial charge in [-0.3, -0.25) is 4.90 Å². The predicted octanol–water partition coefficient (Wildman–Crippen LogP) is 3.28. The van der Waals surface area contributed by atoms with Gasteiger partial charge in [0, 0.05) is 25.2 Å². The first kappa shape index (κ1) is 16.8. The minimum absolute atomic E-state index is 0.0229. The Kier molecular flexibility index (Phi) is 5.29. The number of halogens is 3. The van der Waals surface area contributed by atoms with Gasteiger partial charge in [0.05, 0.1) is 6.54 Å². The van der Waals surface area contributed by atoms with Crippen LogP contribution >= 0.6 is 0 Å². The SMILES string of the molecule is CCC(C)C1CNC(C(C)(C)C)CN1CC(F)(F)F. The number of piperazine rings is 1. The molecule has 3 unspecified atom stereocenters. The van der Waals surface area contributed by atoms with E-state index in [-0.39, 0.29) is 23.4 Å². The molecular weight excluding hydrogens is 253 g/mol. The van der Waals surface area contributed by atoms with E-state index in [0.29, 0.717) is 13.1 Å². The number of hydrogen-bond donors (Lipinski definition) is 1. The summed E-state index contributed by atoms with van der Waals surface area (Å²) in [5.41, 5.74) is -0.0235. The number of nitrogens with zero attached hydrogens (tertiary/aromatic N) is 1. The molecule has 3 atom stereocenters. The first-order chi connectivity index (χ1) is 8.54. The molecule has 1 aliphatic rings. The highest BCUT2D eigenvalue weighted by molar-refractivity contribution is 4.94. The highest BCUT2D eigenvalue weighted by atomic mass is 19.4. The van der Waals surface area contributed by atoms with E-state index in [1.807, 2.05) is 13.8 Å². The van der Waals surface area contributed by atoms with E-state index in [1.165, 1.54) is 0 Å². The van der Waals surface area contributed by atoms with Crippen molar-refractivity contribution in [2.24, 2.45) is 11.3 Å². The standard InChI is InChI=1S/C14H27F3N2/c1-6-10(2)11-7-18-12(13(3,4)5)8-19(11)9-14(15,16)17/h10-12,18H,6-9H2,1-5H3. The molecule has 1 fully saturated rings. The zero-order valence-electron chi connectivity index (χ0n) is 12.6.